The normalized spacial score (nSPS) is 41.4. The minimum Gasteiger partial charge on any atom is -0.298 e. The quantitative estimate of drug-likeness (QED) is 0.584. The second kappa shape index (κ2) is 2.78. The third kappa shape index (κ3) is 1.20. The largest absolute Gasteiger partial charge is 0.298 e. The molecule has 2 saturated carbocycles. The molecule has 0 radical (unpaired) electrons. The van der Waals surface area contributed by atoms with E-state index in [-0.39, 0.29) is 5.88 Å². The molecular weight excluding hydrogens is 160 g/mol. The molecule has 0 amide bonds. The number of halogens is 1. The molecular formula is C9H13ClO. The lowest BCUT2D eigenvalue weighted by Crippen LogP contribution is -2.21. The van der Waals surface area contributed by atoms with E-state index in [4.69, 9.17) is 11.6 Å². The molecule has 2 heteroatoms. The van der Waals surface area contributed by atoms with Crippen molar-refractivity contribution in [3.63, 3.8) is 0 Å². The highest BCUT2D eigenvalue weighted by molar-refractivity contribution is 6.27. The molecule has 0 N–H and O–H groups in total. The van der Waals surface area contributed by atoms with Crippen LogP contribution in [0.1, 0.15) is 25.7 Å². The Balaban J connectivity index is 2.02. The Hall–Kier alpha value is -0.0400. The second-order valence-corrected chi connectivity index (χ2v) is 4.15. The minimum absolute atomic E-state index is 0.230. The zero-order chi connectivity index (χ0) is 7.84. The number of ketones is 1. The van der Waals surface area contributed by atoms with Gasteiger partial charge in [0.2, 0.25) is 0 Å². The van der Waals surface area contributed by atoms with E-state index in [9.17, 15) is 4.79 Å². The molecule has 0 unspecified atom stereocenters. The predicted octanol–water partition coefficient (Wildman–Crippen LogP) is 2.23. The van der Waals surface area contributed by atoms with Crippen molar-refractivity contribution >= 4 is 17.4 Å². The summed E-state index contributed by atoms with van der Waals surface area (Å²) in [6.07, 6.45) is 5.07. The summed E-state index contributed by atoms with van der Waals surface area (Å²) in [4.78, 5) is 11.3. The first kappa shape index (κ1) is 7.60. The fraction of sp³-hybridized carbons (Fsp3) is 0.889. The van der Waals surface area contributed by atoms with Crippen LogP contribution in [0.15, 0.2) is 0 Å². The van der Waals surface area contributed by atoms with Crippen molar-refractivity contribution in [3.05, 3.63) is 0 Å². The first-order chi connectivity index (χ1) is 5.31. The van der Waals surface area contributed by atoms with Crippen LogP contribution in [0.5, 0.6) is 0 Å². The third-order valence-corrected chi connectivity index (χ3v) is 3.55. The van der Waals surface area contributed by atoms with Crippen LogP contribution < -0.4 is 0 Å². The van der Waals surface area contributed by atoms with Gasteiger partial charge in [-0.1, -0.05) is 6.42 Å². The van der Waals surface area contributed by atoms with Crippen LogP contribution in [-0.4, -0.2) is 11.7 Å². The molecule has 0 aromatic rings. The van der Waals surface area contributed by atoms with E-state index in [0.29, 0.717) is 17.6 Å². The summed E-state index contributed by atoms with van der Waals surface area (Å²) in [5, 5.41) is 0. The van der Waals surface area contributed by atoms with Crippen molar-refractivity contribution in [2.45, 2.75) is 25.7 Å². The smallest absolute Gasteiger partial charge is 0.150 e. The van der Waals surface area contributed by atoms with Gasteiger partial charge in [0.05, 0.1) is 5.88 Å². The van der Waals surface area contributed by atoms with Gasteiger partial charge in [-0.05, 0) is 31.1 Å². The molecule has 0 heterocycles. The number of carbonyl (C=O) groups is 1. The van der Waals surface area contributed by atoms with Crippen LogP contribution in [0, 0.1) is 17.8 Å². The molecule has 0 spiro atoms. The lowest BCUT2D eigenvalue weighted by Gasteiger charge is -2.18. The zero-order valence-electron chi connectivity index (χ0n) is 6.55. The van der Waals surface area contributed by atoms with Gasteiger partial charge in [0.1, 0.15) is 0 Å². The van der Waals surface area contributed by atoms with E-state index in [1.165, 1.54) is 19.3 Å². The number of hydrogen-bond acceptors (Lipinski definition) is 1. The highest BCUT2D eigenvalue weighted by Gasteiger charge is 2.42. The van der Waals surface area contributed by atoms with Gasteiger partial charge >= 0.3 is 0 Å². The first-order valence-corrected chi connectivity index (χ1v) is 4.93. The maximum atomic E-state index is 11.3. The number of Topliss-reactive ketones (excluding diaryl/α,β-unsaturated/α-hetero) is 1. The first-order valence-electron chi connectivity index (χ1n) is 4.40. The fourth-order valence-corrected chi connectivity index (χ4v) is 2.94. The third-order valence-electron chi connectivity index (χ3n) is 3.28. The molecule has 0 aromatic carbocycles. The maximum absolute atomic E-state index is 11.3. The average molecular weight is 173 g/mol. The Morgan fingerprint density at radius 2 is 2.18 bits per heavy atom. The van der Waals surface area contributed by atoms with Gasteiger partial charge in [0, 0.05) is 5.92 Å². The van der Waals surface area contributed by atoms with Gasteiger partial charge < -0.3 is 0 Å². The predicted molar refractivity (Wildman–Crippen MR) is 44.7 cm³/mol. The number of carbonyl (C=O) groups excluding carboxylic acids is 1. The summed E-state index contributed by atoms with van der Waals surface area (Å²) < 4.78 is 0. The molecule has 3 atom stereocenters. The van der Waals surface area contributed by atoms with Gasteiger partial charge in [-0.25, -0.2) is 0 Å². The summed E-state index contributed by atoms with van der Waals surface area (Å²) >= 11 is 5.52. The molecule has 2 rings (SSSR count). The molecule has 2 fully saturated rings. The minimum atomic E-state index is 0.230. The highest BCUT2D eigenvalue weighted by Crippen LogP contribution is 2.48. The van der Waals surface area contributed by atoms with Gasteiger partial charge in [-0.15, -0.1) is 11.6 Å². The van der Waals surface area contributed by atoms with Gasteiger partial charge in [0.15, 0.2) is 5.78 Å². The summed E-state index contributed by atoms with van der Waals surface area (Å²) in [6.45, 7) is 0. The Kier molecular flexibility index (Phi) is 1.92. The zero-order valence-corrected chi connectivity index (χ0v) is 7.31. The topological polar surface area (TPSA) is 17.1 Å². The van der Waals surface area contributed by atoms with Crippen molar-refractivity contribution in [3.8, 4) is 0 Å². The summed E-state index contributed by atoms with van der Waals surface area (Å²) in [5.41, 5.74) is 0. The molecule has 0 saturated heterocycles. The van der Waals surface area contributed by atoms with Crippen LogP contribution in [0.2, 0.25) is 0 Å². The van der Waals surface area contributed by atoms with Crippen molar-refractivity contribution in [1.82, 2.24) is 0 Å². The van der Waals surface area contributed by atoms with Crippen LogP contribution >= 0.6 is 11.6 Å². The monoisotopic (exact) mass is 172 g/mol. The molecule has 0 aromatic heterocycles. The van der Waals surface area contributed by atoms with E-state index in [1.807, 2.05) is 0 Å². The van der Waals surface area contributed by atoms with Crippen molar-refractivity contribution < 1.29 is 4.79 Å². The molecule has 62 valence electrons. The number of alkyl halides is 1. The van der Waals surface area contributed by atoms with E-state index in [2.05, 4.69) is 0 Å². The Bertz CT molecular complexity index is 178. The maximum Gasteiger partial charge on any atom is 0.150 e. The Morgan fingerprint density at radius 1 is 1.36 bits per heavy atom. The summed E-state index contributed by atoms with van der Waals surface area (Å²) in [6, 6.07) is 0. The van der Waals surface area contributed by atoms with E-state index in [1.54, 1.807) is 0 Å². The lowest BCUT2D eigenvalue weighted by atomic mass is 9.86. The number of fused-ring (bicyclic) bond motifs is 2. The molecule has 11 heavy (non-hydrogen) atoms. The van der Waals surface area contributed by atoms with Crippen LogP contribution in [0.25, 0.3) is 0 Å². The molecule has 2 bridgehead atoms. The second-order valence-electron chi connectivity index (χ2n) is 3.88. The molecule has 2 aliphatic carbocycles. The molecule has 1 nitrogen and oxygen atoms in total. The van der Waals surface area contributed by atoms with Crippen molar-refractivity contribution in [2.75, 3.05) is 5.88 Å². The number of hydrogen-bond donors (Lipinski definition) is 0. The Morgan fingerprint density at radius 3 is 2.64 bits per heavy atom. The Labute approximate surface area is 72.1 Å². The lowest BCUT2D eigenvalue weighted by molar-refractivity contribution is -0.121. The van der Waals surface area contributed by atoms with Crippen molar-refractivity contribution in [2.24, 2.45) is 17.8 Å². The number of rotatable bonds is 2. The summed E-state index contributed by atoms with van der Waals surface area (Å²) in [7, 11) is 0. The molecule has 2 aliphatic rings. The average Bonchev–Trinajstić information content (AvgIpc) is 2.62. The van der Waals surface area contributed by atoms with E-state index in [0.717, 1.165) is 12.3 Å². The van der Waals surface area contributed by atoms with Gasteiger partial charge in [0.25, 0.3) is 0 Å². The molecule has 0 aliphatic heterocycles. The van der Waals surface area contributed by atoms with Crippen LogP contribution in [0.4, 0.5) is 0 Å². The van der Waals surface area contributed by atoms with Gasteiger partial charge in [-0.2, -0.15) is 0 Å². The summed E-state index contributed by atoms with van der Waals surface area (Å²) in [5.74, 6) is 2.42. The van der Waals surface area contributed by atoms with E-state index >= 15 is 0 Å². The van der Waals surface area contributed by atoms with Gasteiger partial charge in [-0.3, -0.25) is 4.79 Å². The highest BCUT2D eigenvalue weighted by atomic mass is 35.5. The van der Waals surface area contributed by atoms with Crippen LogP contribution in [-0.2, 0) is 4.79 Å². The standard InChI is InChI=1S/C9H13ClO/c10-5-9(11)8-4-6-1-2-7(8)3-6/h6-8H,1-5H2/t6-,7-,8+/m1/s1. The fourth-order valence-electron chi connectivity index (χ4n) is 2.74. The SMILES string of the molecule is O=C(CCl)[C@H]1C[C@@H]2CC[C@@H]1C2. The van der Waals surface area contributed by atoms with Crippen LogP contribution in [0.3, 0.4) is 0 Å². The van der Waals surface area contributed by atoms with E-state index < -0.39 is 0 Å². The van der Waals surface area contributed by atoms with Crippen molar-refractivity contribution in [1.29, 1.82) is 0 Å².